The lowest BCUT2D eigenvalue weighted by Crippen LogP contribution is -2.43. The van der Waals surface area contributed by atoms with E-state index in [-0.39, 0.29) is 0 Å². The van der Waals surface area contributed by atoms with Crippen LogP contribution in [0, 0.1) is 0 Å². The lowest BCUT2D eigenvalue weighted by Gasteiger charge is -2.33. The number of hydrogen-bond acceptors (Lipinski definition) is 6. The highest BCUT2D eigenvalue weighted by atomic mass is 15.4. The van der Waals surface area contributed by atoms with Crippen molar-refractivity contribution in [2.75, 3.05) is 59.1 Å². The summed E-state index contributed by atoms with van der Waals surface area (Å²) in [6, 6.07) is 29.2. The number of para-hydroxylation sites is 4. The van der Waals surface area contributed by atoms with Crippen LogP contribution in [0.1, 0.15) is 66.5 Å². The number of fused-ring (bicyclic) bond motifs is 2. The molecule has 2 aliphatic rings. The van der Waals surface area contributed by atoms with Crippen molar-refractivity contribution in [2.24, 2.45) is 0 Å². The predicted molar refractivity (Wildman–Crippen MR) is 190 cm³/mol. The minimum atomic E-state index is 0.548. The average molecular weight is 597 g/mol. The molecule has 0 bridgehead atoms. The Balaban J connectivity index is 1.30. The van der Waals surface area contributed by atoms with Crippen LogP contribution in [0.15, 0.2) is 72.8 Å². The maximum absolute atomic E-state index is 2.60. The summed E-state index contributed by atoms with van der Waals surface area (Å²) >= 11 is 0. The molecule has 6 heteroatoms. The zero-order valence-electron chi connectivity index (χ0n) is 28.6. The Bertz CT molecular complexity index is 1230. The van der Waals surface area contributed by atoms with Crippen LogP contribution in [0.25, 0.3) is 0 Å². The Kier molecular flexibility index (Phi) is 10.4. The van der Waals surface area contributed by atoms with Crippen molar-refractivity contribution in [1.29, 1.82) is 0 Å². The van der Waals surface area contributed by atoms with E-state index in [4.69, 9.17) is 0 Å². The first kappa shape index (κ1) is 32.2. The van der Waals surface area contributed by atoms with Crippen molar-refractivity contribution in [3.63, 3.8) is 0 Å². The lowest BCUT2D eigenvalue weighted by atomic mass is 10.1. The molecular weight excluding hydrogens is 540 g/mol. The van der Waals surface area contributed by atoms with Crippen LogP contribution in [-0.2, 0) is 13.1 Å². The molecule has 0 atom stereocenters. The molecule has 0 amide bonds. The topological polar surface area (TPSA) is 19.4 Å². The third-order valence-corrected chi connectivity index (χ3v) is 9.56. The molecule has 0 unspecified atom stereocenters. The smallest absolute Gasteiger partial charge is 0.0908 e. The second-order valence-corrected chi connectivity index (χ2v) is 13.8. The van der Waals surface area contributed by atoms with Gasteiger partial charge in [0.1, 0.15) is 0 Å². The molecule has 6 nitrogen and oxygen atoms in total. The molecule has 238 valence electrons. The fourth-order valence-electron chi connectivity index (χ4n) is 7.34. The zero-order valence-corrected chi connectivity index (χ0v) is 28.6. The van der Waals surface area contributed by atoms with Gasteiger partial charge in [0.05, 0.1) is 36.1 Å². The monoisotopic (exact) mass is 596 g/mol. The highest BCUT2D eigenvalue weighted by Gasteiger charge is 2.29. The van der Waals surface area contributed by atoms with Crippen LogP contribution < -0.4 is 19.6 Å². The molecule has 2 heterocycles. The van der Waals surface area contributed by atoms with Gasteiger partial charge in [0, 0.05) is 63.4 Å². The Hall–Kier alpha value is -3.22. The van der Waals surface area contributed by atoms with Crippen LogP contribution in [0.2, 0.25) is 0 Å². The molecule has 0 fully saturated rings. The van der Waals surface area contributed by atoms with Crippen molar-refractivity contribution >= 4 is 22.7 Å². The molecule has 44 heavy (non-hydrogen) atoms. The molecular formula is C38H56N6. The highest BCUT2D eigenvalue weighted by Crippen LogP contribution is 2.39. The average Bonchev–Trinajstić information content (AvgIpc) is 3.51. The fourth-order valence-corrected chi connectivity index (χ4v) is 7.34. The third-order valence-electron chi connectivity index (χ3n) is 9.56. The number of anilines is 4. The van der Waals surface area contributed by atoms with E-state index in [0.29, 0.717) is 24.2 Å². The van der Waals surface area contributed by atoms with Crippen LogP contribution in [0.3, 0.4) is 0 Å². The second-order valence-electron chi connectivity index (χ2n) is 13.8. The van der Waals surface area contributed by atoms with E-state index in [1.165, 1.54) is 33.9 Å². The SMILES string of the molecule is CC(C)N(CCN1CN(Cc2ccccc2CN2CN(CCN(C(C)C)C(C)C)c3ccccc32)c2ccccc21)C(C)C. The van der Waals surface area contributed by atoms with Gasteiger partial charge in [-0.15, -0.1) is 0 Å². The first-order valence-corrected chi connectivity index (χ1v) is 16.9. The quantitative estimate of drug-likeness (QED) is 0.191. The number of benzene rings is 3. The van der Waals surface area contributed by atoms with Gasteiger partial charge >= 0.3 is 0 Å². The molecule has 0 N–H and O–H groups in total. The Morgan fingerprint density at radius 1 is 0.455 bits per heavy atom. The third kappa shape index (κ3) is 7.18. The van der Waals surface area contributed by atoms with E-state index in [1.54, 1.807) is 0 Å². The van der Waals surface area contributed by atoms with Crippen molar-refractivity contribution in [3.8, 4) is 0 Å². The van der Waals surface area contributed by atoms with Gasteiger partial charge in [0.25, 0.3) is 0 Å². The fraction of sp³-hybridized carbons (Fsp3) is 0.526. The van der Waals surface area contributed by atoms with E-state index in [0.717, 1.165) is 52.6 Å². The van der Waals surface area contributed by atoms with E-state index in [9.17, 15) is 0 Å². The summed E-state index contributed by atoms with van der Waals surface area (Å²) < 4.78 is 0. The van der Waals surface area contributed by atoms with Gasteiger partial charge in [-0.3, -0.25) is 9.80 Å². The van der Waals surface area contributed by atoms with Gasteiger partial charge in [-0.2, -0.15) is 0 Å². The van der Waals surface area contributed by atoms with Crippen LogP contribution in [0.5, 0.6) is 0 Å². The Morgan fingerprint density at radius 2 is 0.750 bits per heavy atom. The molecule has 5 rings (SSSR count). The minimum Gasteiger partial charge on any atom is -0.351 e. The van der Waals surface area contributed by atoms with Crippen molar-refractivity contribution in [3.05, 3.63) is 83.9 Å². The summed E-state index contributed by atoms with van der Waals surface area (Å²) in [4.78, 5) is 15.5. The summed E-state index contributed by atoms with van der Waals surface area (Å²) in [6.45, 7) is 26.4. The van der Waals surface area contributed by atoms with Crippen LogP contribution >= 0.6 is 0 Å². The summed E-state index contributed by atoms with van der Waals surface area (Å²) in [5.41, 5.74) is 8.24. The van der Waals surface area contributed by atoms with Gasteiger partial charge in [-0.25, -0.2) is 0 Å². The van der Waals surface area contributed by atoms with Gasteiger partial charge in [-0.05, 0) is 90.8 Å². The van der Waals surface area contributed by atoms with Gasteiger partial charge in [0.15, 0.2) is 0 Å². The van der Waals surface area contributed by atoms with E-state index < -0.39 is 0 Å². The summed E-state index contributed by atoms with van der Waals surface area (Å²) in [7, 11) is 0. The van der Waals surface area contributed by atoms with Crippen molar-refractivity contribution in [1.82, 2.24) is 9.80 Å². The Morgan fingerprint density at radius 3 is 1.07 bits per heavy atom. The number of nitrogens with zero attached hydrogens (tertiary/aromatic N) is 6. The molecule has 3 aromatic rings. The number of rotatable bonds is 14. The van der Waals surface area contributed by atoms with E-state index in [2.05, 4.69) is 158 Å². The van der Waals surface area contributed by atoms with Gasteiger partial charge in [-0.1, -0.05) is 48.5 Å². The van der Waals surface area contributed by atoms with Crippen molar-refractivity contribution < 1.29 is 0 Å². The van der Waals surface area contributed by atoms with Crippen LogP contribution in [0.4, 0.5) is 22.7 Å². The standard InChI is InChI=1S/C38H56N6/c1-29(2)43(30(3)4)23-21-39-27-41(37-19-13-11-17-35(37)39)25-33-15-9-10-16-34(33)26-42-28-40(36-18-12-14-20-38(36)42)22-24-44(31(5)6)32(7)8/h9-20,29-32H,21-28H2,1-8H3. The van der Waals surface area contributed by atoms with Gasteiger partial charge < -0.3 is 19.6 Å². The molecule has 0 aromatic heterocycles. The normalized spacial score (nSPS) is 14.9. The second kappa shape index (κ2) is 14.3. The molecule has 0 saturated heterocycles. The maximum Gasteiger partial charge on any atom is 0.0908 e. The highest BCUT2D eigenvalue weighted by molar-refractivity contribution is 5.77. The van der Waals surface area contributed by atoms with E-state index in [1.807, 2.05) is 0 Å². The summed E-state index contributed by atoms with van der Waals surface area (Å²) in [5.74, 6) is 0. The summed E-state index contributed by atoms with van der Waals surface area (Å²) in [5, 5.41) is 0. The zero-order chi connectivity index (χ0) is 31.4. The van der Waals surface area contributed by atoms with E-state index >= 15 is 0 Å². The molecule has 0 aliphatic carbocycles. The molecule has 0 radical (unpaired) electrons. The maximum atomic E-state index is 2.60. The predicted octanol–water partition coefficient (Wildman–Crippen LogP) is 7.49. The minimum absolute atomic E-state index is 0.548. The molecule has 0 saturated carbocycles. The van der Waals surface area contributed by atoms with Crippen molar-refractivity contribution in [2.45, 2.75) is 92.6 Å². The Labute approximate surface area is 267 Å². The number of hydrogen-bond donors (Lipinski definition) is 0. The largest absolute Gasteiger partial charge is 0.351 e. The molecule has 2 aliphatic heterocycles. The van der Waals surface area contributed by atoms with Crippen LogP contribution in [-0.4, -0.2) is 73.5 Å². The first-order valence-electron chi connectivity index (χ1n) is 16.9. The van der Waals surface area contributed by atoms with Gasteiger partial charge in [0.2, 0.25) is 0 Å². The molecule has 0 spiro atoms. The first-order chi connectivity index (χ1) is 21.1. The summed E-state index contributed by atoms with van der Waals surface area (Å²) in [6.07, 6.45) is 0. The lowest BCUT2D eigenvalue weighted by molar-refractivity contribution is 0.179. The molecule has 3 aromatic carbocycles.